The van der Waals surface area contributed by atoms with Gasteiger partial charge < -0.3 is 5.32 Å². The highest BCUT2D eigenvalue weighted by molar-refractivity contribution is 7.89. The molecule has 0 bridgehead atoms. The first-order valence-electron chi connectivity index (χ1n) is 5.70. The predicted molar refractivity (Wildman–Crippen MR) is 69.4 cm³/mol. The van der Waals surface area contributed by atoms with Crippen LogP contribution in [0.15, 0.2) is 29.2 Å². The fraction of sp³-hybridized carbons (Fsp3) is 0.500. The lowest BCUT2D eigenvalue weighted by Gasteiger charge is -2.22. The lowest BCUT2D eigenvalue weighted by Crippen LogP contribution is -2.29. The van der Waals surface area contributed by atoms with E-state index in [0.29, 0.717) is 12.0 Å². The molecular formula is C12H20N2O2S. The van der Waals surface area contributed by atoms with Crippen LogP contribution in [-0.2, 0) is 10.0 Å². The number of sulfonamides is 1. The molecule has 0 saturated heterocycles. The van der Waals surface area contributed by atoms with E-state index >= 15 is 0 Å². The third-order valence-electron chi connectivity index (χ3n) is 3.15. The van der Waals surface area contributed by atoms with Gasteiger partial charge in [-0.3, -0.25) is 0 Å². The van der Waals surface area contributed by atoms with E-state index in [9.17, 15) is 8.42 Å². The van der Waals surface area contributed by atoms with Crippen molar-refractivity contribution in [2.24, 2.45) is 5.14 Å². The third kappa shape index (κ3) is 3.52. The molecule has 2 atom stereocenters. The first-order valence-corrected chi connectivity index (χ1v) is 7.24. The molecule has 2 unspecified atom stereocenters. The number of hydrogen-bond acceptors (Lipinski definition) is 3. The Morgan fingerprint density at radius 3 is 2.18 bits per heavy atom. The number of nitrogens with two attached hydrogens (primary N) is 1. The fourth-order valence-electron chi connectivity index (χ4n) is 2.00. The molecule has 0 aliphatic carbocycles. The summed E-state index contributed by atoms with van der Waals surface area (Å²) in [5, 5.41) is 8.31. The summed E-state index contributed by atoms with van der Waals surface area (Å²) in [4.78, 5) is 0.158. The zero-order valence-corrected chi connectivity index (χ0v) is 11.3. The molecule has 1 aromatic carbocycles. The summed E-state index contributed by atoms with van der Waals surface area (Å²) in [6, 6.07) is 7.15. The largest absolute Gasteiger partial charge is 0.316 e. The van der Waals surface area contributed by atoms with E-state index in [4.69, 9.17) is 5.14 Å². The van der Waals surface area contributed by atoms with Gasteiger partial charge >= 0.3 is 0 Å². The fourth-order valence-corrected chi connectivity index (χ4v) is 2.52. The van der Waals surface area contributed by atoms with Crippen molar-refractivity contribution in [3.8, 4) is 0 Å². The highest BCUT2D eigenvalue weighted by Gasteiger charge is 2.16. The van der Waals surface area contributed by atoms with Crippen molar-refractivity contribution in [1.29, 1.82) is 0 Å². The Balaban J connectivity index is 2.95. The Bertz CT molecular complexity index is 450. The van der Waals surface area contributed by atoms with Crippen molar-refractivity contribution in [3.05, 3.63) is 29.8 Å². The summed E-state index contributed by atoms with van der Waals surface area (Å²) < 4.78 is 22.3. The van der Waals surface area contributed by atoms with Crippen LogP contribution < -0.4 is 10.5 Å². The second-order valence-corrected chi connectivity index (χ2v) is 5.77. The molecule has 0 fully saturated rings. The highest BCUT2D eigenvalue weighted by Crippen LogP contribution is 2.22. The molecular weight excluding hydrogens is 236 g/mol. The van der Waals surface area contributed by atoms with Gasteiger partial charge in [0.2, 0.25) is 10.0 Å². The summed E-state index contributed by atoms with van der Waals surface area (Å²) >= 11 is 0. The summed E-state index contributed by atoms with van der Waals surface area (Å²) in [6.45, 7) is 4.24. The van der Waals surface area contributed by atoms with Crippen LogP contribution in [0.4, 0.5) is 0 Å². The normalized spacial score (nSPS) is 15.5. The van der Waals surface area contributed by atoms with Crippen LogP contribution in [0, 0.1) is 0 Å². The maximum Gasteiger partial charge on any atom is 0.238 e. The lowest BCUT2D eigenvalue weighted by atomic mass is 9.92. The minimum atomic E-state index is -3.59. The van der Waals surface area contributed by atoms with Gasteiger partial charge in [-0.05, 0) is 37.1 Å². The van der Waals surface area contributed by atoms with Crippen LogP contribution in [0.1, 0.15) is 31.7 Å². The van der Waals surface area contributed by atoms with Gasteiger partial charge in [0.15, 0.2) is 0 Å². The molecule has 96 valence electrons. The molecule has 0 heterocycles. The van der Waals surface area contributed by atoms with Crippen LogP contribution in [0.5, 0.6) is 0 Å². The Hall–Kier alpha value is -0.910. The molecule has 3 N–H and O–H groups in total. The van der Waals surface area contributed by atoms with Gasteiger partial charge in [0, 0.05) is 6.04 Å². The Kier molecular flexibility index (Phi) is 4.68. The minimum Gasteiger partial charge on any atom is -0.316 e. The van der Waals surface area contributed by atoms with Crippen LogP contribution >= 0.6 is 0 Å². The maximum atomic E-state index is 11.1. The number of likely N-dealkylation sites (N-methyl/N-ethyl adjacent to an activating group) is 1. The standard InChI is InChI=1S/C12H20N2O2S/c1-4-12(14-3)9(2)10-5-7-11(8-6-10)17(13,15)16/h5-9,12,14H,4H2,1-3H3,(H2,13,15,16). The quantitative estimate of drug-likeness (QED) is 0.837. The van der Waals surface area contributed by atoms with Gasteiger partial charge in [-0.25, -0.2) is 13.6 Å². The van der Waals surface area contributed by atoms with Gasteiger partial charge in [0.1, 0.15) is 0 Å². The monoisotopic (exact) mass is 256 g/mol. The third-order valence-corrected chi connectivity index (χ3v) is 4.08. The van der Waals surface area contributed by atoms with Crippen molar-refractivity contribution in [2.75, 3.05) is 7.05 Å². The number of hydrogen-bond donors (Lipinski definition) is 2. The van der Waals surface area contributed by atoms with Crippen molar-refractivity contribution in [1.82, 2.24) is 5.32 Å². The molecule has 0 amide bonds. The van der Waals surface area contributed by atoms with Crippen molar-refractivity contribution >= 4 is 10.0 Å². The molecule has 0 aliphatic rings. The van der Waals surface area contributed by atoms with E-state index in [-0.39, 0.29) is 4.90 Å². The topological polar surface area (TPSA) is 72.2 Å². The van der Waals surface area contributed by atoms with Crippen molar-refractivity contribution in [2.45, 2.75) is 37.1 Å². The summed E-state index contributed by atoms with van der Waals surface area (Å²) in [5.41, 5.74) is 1.11. The molecule has 0 spiro atoms. The first kappa shape index (κ1) is 14.2. The zero-order valence-electron chi connectivity index (χ0n) is 10.5. The highest BCUT2D eigenvalue weighted by atomic mass is 32.2. The molecule has 5 heteroatoms. The van der Waals surface area contributed by atoms with Gasteiger partial charge in [-0.2, -0.15) is 0 Å². The average Bonchev–Trinajstić information content (AvgIpc) is 2.29. The van der Waals surface area contributed by atoms with E-state index in [1.807, 2.05) is 19.2 Å². The maximum absolute atomic E-state index is 11.1. The van der Waals surface area contributed by atoms with Crippen LogP contribution in [0.25, 0.3) is 0 Å². The van der Waals surface area contributed by atoms with Crippen LogP contribution in [0.3, 0.4) is 0 Å². The molecule has 0 aliphatic heterocycles. The van der Waals surface area contributed by atoms with Gasteiger partial charge in [0.25, 0.3) is 0 Å². The van der Waals surface area contributed by atoms with Crippen LogP contribution in [-0.4, -0.2) is 21.5 Å². The van der Waals surface area contributed by atoms with E-state index in [1.165, 1.54) is 0 Å². The average molecular weight is 256 g/mol. The minimum absolute atomic E-state index is 0.158. The van der Waals surface area contributed by atoms with Crippen molar-refractivity contribution < 1.29 is 8.42 Å². The molecule has 17 heavy (non-hydrogen) atoms. The summed E-state index contributed by atoms with van der Waals surface area (Å²) in [7, 11) is -1.66. The van der Waals surface area contributed by atoms with E-state index in [0.717, 1.165) is 12.0 Å². The molecule has 0 aromatic heterocycles. The van der Waals surface area contributed by atoms with Gasteiger partial charge in [-0.15, -0.1) is 0 Å². The molecule has 1 rings (SSSR count). The molecule has 0 saturated carbocycles. The summed E-state index contributed by atoms with van der Waals surface area (Å²) in [6.07, 6.45) is 1.02. The van der Waals surface area contributed by atoms with Gasteiger partial charge in [0.05, 0.1) is 4.90 Å². The molecule has 0 radical (unpaired) electrons. The van der Waals surface area contributed by atoms with E-state index < -0.39 is 10.0 Å². The Morgan fingerprint density at radius 1 is 1.29 bits per heavy atom. The summed E-state index contributed by atoms with van der Waals surface area (Å²) in [5.74, 6) is 0.333. The number of nitrogens with one attached hydrogen (secondary N) is 1. The second kappa shape index (κ2) is 5.62. The molecule has 4 nitrogen and oxygen atoms in total. The SMILES string of the molecule is CCC(NC)C(C)c1ccc(S(N)(=O)=O)cc1. The lowest BCUT2D eigenvalue weighted by molar-refractivity contribution is 0.472. The Labute approximate surface area is 103 Å². The number of rotatable bonds is 5. The van der Waals surface area contributed by atoms with E-state index in [1.54, 1.807) is 12.1 Å². The predicted octanol–water partition coefficient (Wildman–Crippen LogP) is 1.44. The van der Waals surface area contributed by atoms with Gasteiger partial charge in [-0.1, -0.05) is 26.0 Å². The number of benzene rings is 1. The number of primary sulfonamides is 1. The zero-order chi connectivity index (χ0) is 13.1. The van der Waals surface area contributed by atoms with Crippen LogP contribution in [0.2, 0.25) is 0 Å². The van der Waals surface area contributed by atoms with Crippen molar-refractivity contribution in [3.63, 3.8) is 0 Å². The van der Waals surface area contributed by atoms with E-state index in [2.05, 4.69) is 19.2 Å². The smallest absolute Gasteiger partial charge is 0.238 e. The first-order chi connectivity index (χ1) is 7.90. The Morgan fingerprint density at radius 2 is 1.82 bits per heavy atom. The molecule has 1 aromatic rings. The second-order valence-electron chi connectivity index (χ2n) is 4.21.